The number of hydrogen-bond donors (Lipinski definition) is 1. The number of amides is 1. The molecule has 0 spiro atoms. The maximum atomic E-state index is 11.2. The van der Waals surface area contributed by atoms with Crippen molar-refractivity contribution in [2.75, 3.05) is 5.32 Å². The van der Waals surface area contributed by atoms with Crippen molar-refractivity contribution in [2.24, 2.45) is 7.05 Å². The molecule has 1 N–H and O–H groups in total. The first-order valence-electron chi connectivity index (χ1n) is 4.79. The molecule has 1 amide bonds. The van der Waals surface area contributed by atoms with Gasteiger partial charge in [0.1, 0.15) is 6.42 Å². The minimum absolute atomic E-state index is 0.135. The van der Waals surface area contributed by atoms with Gasteiger partial charge in [-0.3, -0.25) is 9.48 Å². The Morgan fingerprint density at radius 3 is 3.19 bits per heavy atom. The van der Waals surface area contributed by atoms with Gasteiger partial charge >= 0.3 is 0 Å². The number of hydrogen-bond acceptors (Lipinski definition) is 3. The standard InChI is InChI=1S/C11H10N4O/c1-15-10-6-9(14-11(16)4-5-12)3-2-8(10)7-13-15/h2-3,6-7H,4H2,1H3,(H,14,16). The highest BCUT2D eigenvalue weighted by Gasteiger charge is 2.04. The van der Waals surface area contributed by atoms with Crippen molar-refractivity contribution in [3.63, 3.8) is 0 Å². The predicted molar refractivity (Wildman–Crippen MR) is 59.6 cm³/mol. The van der Waals surface area contributed by atoms with Crippen molar-refractivity contribution in [2.45, 2.75) is 6.42 Å². The van der Waals surface area contributed by atoms with Gasteiger partial charge in [0.25, 0.3) is 0 Å². The number of rotatable bonds is 2. The average Bonchev–Trinajstić information content (AvgIpc) is 2.61. The van der Waals surface area contributed by atoms with Crippen molar-refractivity contribution in [3.8, 4) is 6.07 Å². The molecule has 2 aromatic rings. The van der Waals surface area contributed by atoms with Gasteiger partial charge in [0.2, 0.25) is 5.91 Å². The molecule has 0 bridgehead atoms. The molecule has 1 heterocycles. The molecule has 2 rings (SSSR count). The fourth-order valence-electron chi connectivity index (χ4n) is 1.50. The van der Waals surface area contributed by atoms with Crippen LogP contribution >= 0.6 is 0 Å². The van der Waals surface area contributed by atoms with Crippen LogP contribution < -0.4 is 5.32 Å². The lowest BCUT2D eigenvalue weighted by Crippen LogP contribution is -2.09. The molecule has 0 radical (unpaired) electrons. The number of carbonyl (C=O) groups excluding carboxylic acids is 1. The van der Waals surface area contributed by atoms with E-state index in [1.807, 2.05) is 19.2 Å². The zero-order valence-corrected chi connectivity index (χ0v) is 8.77. The Kier molecular flexibility index (Phi) is 2.56. The minimum Gasteiger partial charge on any atom is -0.325 e. The molecule has 0 unspecified atom stereocenters. The molecule has 1 aromatic heterocycles. The number of aromatic nitrogens is 2. The van der Waals surface area contributed by atoms with Crippen LogP contribution in [0.2, 0.25) is 0 Å². The maximum absolute atomic E-state index is 11.2. The van der Waals surface area contributed by atoms with Crippen LogP contribution in [0.1, 0.15) is 6.42 Å². The number of aryl methyl sites for hydroxylation is 1. The van der Waals surface area contributed by atoms with Crippen LogP contribution in [0.4, 0.5) is 5.69 Å². The smallest absolute Gasteiger partial charge is 0.238 e. The summed E-state index contributed by atoms with van der Waals surface area (Å²) in [4.78, 5) is 11.2. The van der Waals surface area contributed by atoms with Gasteiger partial charge in [-0.05, 0) is 18.2 Å². The predicted octanol–water partition coefficient (Wildman–Crippen LogP) is 1.43. The van der Waals surface area contributed by atoms with E-state index in [0.717, 1.165) is 10.9 Å². The number of carbonyl (C=O) groups is 1. The second-order valence-electron chi connectivity index (χ2n) is 3.42. The molecule has 16 heavy (non-hydrogen) atoms. The molecule has 0 saturated heterocycles. The molecule has 1 aromatic carbocycles. The Morgan fingerprint density at radius 2 is 2.44 bits per heavy atom. The van der Waals surface area contributed by atoms with Gasteiger partial charge < -0.3 is 5.32 Å². The Morgan fingerprint density at radius 1 is 1.62 bits per heavy atom. The zero-order chi connectivity index (χ0) is 11.5. The van der Waals surface area contributed by atoms with Gasteiger partial charge in [-0.25, -0.2) is 0 Å². The van der Waals surface area contributed by atoms with Crippen molar-refractivity contribution >= 4 is 22.5 Å². The van der Waals surface area contributed by atoms with Crippen molar-refractivity contribution in [1.82, 2.24) is 9.78 Å². The van der Waals surface area contributed by atoms with Gasteiger partial charge in [-0.1, -0.05) is 0 Å². The Labute approximate surface area is 92.3 Å². The quantitative estimate of drug-likeness (QED) is 0.821. The highest BCUT2D eigenvalue weighted by atomic mass is 16.1. The van der Waals surface area contributed by atoms with Crippen molar-refractivity contribution in [3.05, 3.63) is 24.4 Å². The largest absolute Gasteiger partial charge is 0.325 e. The average molecular weight is 214 g/mol. The molecule has 5 heteroatoms. The molecule has 5 nitrogen and oxygen atoms in total. The summed E-state index contributed by atoms with van der Waals surface area (Å²) in [5.41, 5.74) is 1.62. The number of benzene rings is 1. The Balaban J connectivity index is 2.29. The number of nitrogens with zero attached hydrogens (tertiary/aromatic N) is 3. The van der Waals surface area contributed by atoms with Crippen LogP contribution in [0.25, 0.3) is 10.9 Å². The van der Waals surface area contributed by atoms with Crippen LogP contribution in [-0.2, 0) is 11.8 Å². The van der Waals surface area contributed by atoms with Gasteiger partial charge in [-0.15, -0.1) is 0 Å². The monoisotopic (exact) mass is 214 g/mol. The second-order valence-corrected chi connectivity index (χ2v) is 3.42. The van der Waals surface area contributed by atoms with E-state index < -0.39 is 0 Å². The molecule has 0 aliphatic heterocycles. The lowest BCUT2D eigenvalue weighted by molar-refractivity contribution is -0.115. The summed E-state index contributed by atoms with van der Waals surface area (Å²) in [6.07, 6.45) is 1.62. The Bertz CT molecular complexity index is 579. The third-order valence-electron chi connectivity index (χ3n) is 2.27. The first kappa shape index (κ1) is 10.2. The van der Waals surface area contributed by atoms with Gasteiger partial charge in [-0.2, -0.15) is 10.4 Å². The lowest BCUT2D eigenvalue weighted by atomic mass is 10.2. The van der Waals surface area contributed by atoms with E-state index in [0.29, 0.717) is 5.69 Å². The Hall–Kier alpha value is -2.35. The fourth-order valence-corrected chi connectivity index (χ4v) is 1.50. The van der Waals surface area contributed by atoms with Crippen molar-refractivity contribution in [1.29, 1.82) is 5.26 Å². The third-order valence-corrected chi connectivity index (χ3v) is 2.27. The maximum Gasteiger partial charge on any atom is 0.238 e. The summed E-state index contributed by atoms with van der Waals surface area (Å²) in [6.45, 7) is 0. The summed E-state index contributed by atoms with van der Waals surface area (Å²) in [5, 5.41) is 16.1. The summed E-state index contributed by atoms with van der Waals surface area (Å²) in [7, 11) is 1.84. The van der Waals surface area contributed by atoms with Crippen LogP contribution in [0, 0.1) is 11.3 Å². The molecule has 0 fully saturated rings. The molecule has 0 aliphatic rings. The third kappa shape index (κ3) is 1.86. The van der Waals surface area contributed by atoms with Crippen molar-refractivity contribution < 1.29 is 4.79 Å². The highest BCUT2D eigenvalue weighted by Crippen LogP contribution is 2.18. The lowest BCUT2D eigenvalue weighted by Gasteiger charge is -2.03. The van der Waals surface area contributed by atoms with E-state index in [2.05, 4.69) is 10.4 Å². The molecule has 0 saturated carbocycles. The summed E-state index contributed by atoms with van der Waals surface area (Å²) in [6, 6.07) is 7.30. The normalized spacial score (nSPS) is 10.0. The first-order valence-corrected chi connectivity index (χ1v) is 4.79. The number of nitriles is 1. The van der Waals surface area contributed by atoms with E-state index in [1.54, 1.807) is 23.0 Å². The van der Waals surface area contributed by atoms with E-state index in [9.17, 15) is 4.79 Å². The van der Waals surface area contributed by atoms with Gasteiger partial charge in [0, 0.05) is 18.1 Å². The summed E-state index contributed by atoms with van der Waals surface area (Å²) in [5.74, 6) is -0.302. The summed E-state index contributed by atoms with van der Waals surface area (Å²) >= 11 is 0. The second kappa shape index (κ2) is 4.03. The number of nitrogens with one attached hydrogen (secondary N) is 1. The van der Waals surface area contributed by atoms with Crippen LogP contribution in [0.15, 0.2) is 24.4 Å². The minimum atomic E-state index is -0.302. The highest BCUT2D eigenvalue weighted by molar-refractivity contribution is 5.94. The van der Waals surface area contributed by atoms with Crippen LogP contribution in [-0.4, -0.2) is 15.7 Å². The first-order chi connectivity index (χ1) is 7.70. The molecule has 0 atom stereocenters. The van der Waals surface area contributed by atoms with Crippen LogP contribution in [0.3, 0.4) is 0 Å². The summed E-state index contributed by atoms with van der Waals surface area (Å²) < 4.78 is 1.73. The van der Waals surface area contributed by atoms with E-state index in [-0.39, 0.29) is 12.3 Å². The molecule has 0 aliphatic carbocycles. The number of anilines is 1. The van der Waals surface area contributed by atoms with Crippen LogP contribution in [0.5, 0.6) is 0 Å². The molecular weight excluding hydrogens is 204 g/mol. The molecule has 80 valence electrons. The number of fused-ring (bicyclic) bond motifs is 1. The topological polar surface area (TPSA) is 70.7 Å². The molecular formula is C11H10N4O. The van der Waals surface area contributed by atoms with Gasteiger partial charge in [0.05, 0.1) is 17.8 Å². The van der Waals surface area contributed by atoms with E-state index in [1.165, 1.54) is 0 Å². The van der Waals surface area contributed by atoms with E-state index in [4.69, 9.17) is 5.26 Å². The fraction of sp³-hybridized carbons (Fsp3) is 0.182. The SMILES string of the molecule is Cn1ncc2ccc(NC(=O)CC#N)cc21. The van der Waals surface area contributed by atoms with E-state index >= 15 is 0 Å². The zero-order valence-electron chi connectivity index (χ0n) is 8.77. The van der Waals surface area contributed by atoms with Gasteiger partial charge in [0.15, 0.2) is 0 Å².